The van der Waals surface area contributed by atoms with Crippen molar-refractivity contribution in [3.63, 3.8) is 0 Å². The summed E-state index contributed by atoms with van der Waals surface area (Å²) in [5.74, 6) is 6.05. The molecule has 0 radical (unpaired) electrons. The fourth-order valence-electron chi connectivity index (χ4n) is 4.06. The Morgan fingerprint density at radius 3 is 2.66 bits per heavy atom. The van der Waals surface area contributed by atoms with Crippen molar-refractivity contribution in [1.29, 1.82) is 0 Å². The molecule has 1 aliphatic rings. The first-order chi connectivity index (χ1) is 18.5. The molecule has 3 aromatic rings. The zero-order valence-electron chi connectivity index (χ0n) is 21.2. The van der Waals surface area contributed by atoms with Crippen LogP contribution in [0.3, 0.4) is 0 Å². The van der Waals surface area contributed by atoms with Crippen LogP contribution in [0.25, 0.3) is 0 Å². The first-order valence-electron chi connectivity index (χ1n) is 12.6. The van der Waals surface area contributed by atoms with Gasteiger partial charge in [0.15, 0.2) is 0 Å². The number of anilines is 1. The Bertz CT molecular complexity index is 1320. The standard InChI is InChI=1S/C29H30N4O4S/c1-21(34)31-24-9-5-10-25(19-24)37-18-6-15-30-28(36)26-20-38-29(32-26)23-13-16-33(17-14-23)27(35)12-11-22-7-3-2-4-8-22/h2-5,7-10,19-20,23H,6,13-18H2,1H3,(H,30,36)(H,31,34). The van der Waals surface area contributed by atoms with Crippen molar-refractivity contribution < 1.29 is 19.1 Å². The summed E-state index contributed by atoms with van der Waals surface area (Å²) in [6.45, 7) is 3.60. The summed E-state index contributed by atoms with van der Waals surface area (Å²) in [5, 5.41) is 8.33. The van der Waals surface area contributed by atoms with E-state index in [2.05, 4.69) is 27.5 Å². The average Bonchev–Trinajstić information content (AvgIpc) is 3.43. The highest BCUT2D eigenvalue weighted by Gasteiger charge is 2.25. The molecule has 0 saturated carbocycles. The largest absolute Gasteiger partial charge is 0.493 e. The van der Waals surface area contributed by atoms with E-state index in [-0.39, 0.29) is 23.6 Å². The summed E-state index contributed by atoms with van der Waals surface area (Å²) >= 11 is 1.49. The lowest BCUT2D eigenvalue weighted by molar-refractivity contribution is -0.126. The molecule has 2 aromatic carbocycles. The molecule has 0 aliphatic carbocycles. The molecule has 8 nitrogen and oxygen atoms in total. The number of ether oxygens (including phenoxy) is 1. The van der Waals surface area contributed by atoms with Crippen molar-refractivity contribution in [3.8, 4) is 17.6 Å². The minimum Gasteiger partial charge on any atom is -0.493 e. The van der Waals surface area contributed by atoms with Crippen molar-refractivity contribution in [2.45, 2.75) is 32.1 Å². The van der Waals surface area contributed by atoms with Gasteiger partial charge in [0, 0.05) is 61.1 Å². The molecule has 9 heteroatoms. The fourth-order valence-corrected chi connectivity index (χ4v) is 5.03. The number of hydrogen-bond acceptors (Lipinski definition) is 6. The van der Waals surface area contributed by atoms with Gasteiger partial charge in [0.05, 0.1) is 11.6 Å². The van der Waals surface area contributed by atoms with Crippen LogP contribution in [-0.2, 0) is 9.59 Å². The average molecular weight is 531 g/mol. The number of amides is 3. The summed E-state index contributed by atoms with van der Waals surface area (Å²) in [6, 6.07) is 16.7. The number of aromatic nitrogens is 1. The van der Waals surface area contributed by atoms with Crippen LogP contribution >= 0.6 is 11.3 Å². The van der Waals surface area contributed by atoms with Gasteiger partial charge in [-0.3, -0.25) is 14.4 Å². The van der Waals surface area contributed by atoms with E-state index < -0.39 is 0 Å². The number of hydrogen-bond donors (Lipinski definition) is 2. The van der Waals surface area contributed by atoms with E-state index in [4.69, 9.17) is 4.74 Å². The Kier molecular flexibility index (Phi) is 9.48. The van der Waals surface area contributed by atoms with E-state index in [0.29, 0.717) is 49.8 Å². The number of thiazole rings is 1. The Morgan fingerprint density at radius 1 is 1.11 bits per heavy atom. The maximum atomic E-state index is 12.5. The Morgan fingerprint density at radius 2 is 1.89 bits per heavy atom. The van der Waals surface area contributed by atoms with Gasteiger partial charge in [-0.15, -0.1) is 11.3 Å². The van der Waals surface area contributed by atoms with Crippen molar-refractivity contribution in [1.82, 2.24) is 15.2 Å². The summed E-state index contributed by atoms with van der Waals surface area (Å²) < 4.78 is 5.71. The third kappa shape index (κ3) is 7.92. The minimum absolute atomic E-state index is 0.139. The highest BCUT2D eigenvalue weighted by atomic mass is 32.1. The molecule has 1 saturated heterocycles. The first kappa shape index (κ1) is 26.9. The van der Waals surface area contributed by atoms with E-state index in [0.717, 1.165) is 23.4 Å². The molecular weight excluding hydrogens is 500 g/mol. The summed E-state index contributed by atoms with van der Waals surface area (Å²) in [7, 11) is 0. The molecule has 0 bridgehead atoms. The molecule has 1 aromatic heterocycles. The zero-order chi connectivity index (χ0) is 26.7. The fraction of sp³-hybridized carbons (Fsp3) is 0.310. The molecule has 2 heterocycles. The Labute approximate surface area is 226 Å². The minimum atomic E-state index is -0.205. The predicted molar refractivity (Wildman–Crippen MR) is 147 cm³/mol. The van der Waals surface area contributed by atoms with Gasteiger partial charge >= 0.3 is 0 Å². The summed E-state index contributed by atoms with van der Waals surface area (Å²) in [6.07, 6.45) is 2.23. The second-order valence-electron chi connectivity index (χ2n) is 8.92. The second kappa shape index (κ2) is 13.4. The highest BCUT2D eigenvalue weighted by Crippen LogP contribution is 2.30. The summed E-state index contributed by atoms with van der Waals surface area (Å²) in [4.78, 5) is 42.5. The van der Waals surface area contributed by atoms with E-state index in [9.17, 15) is 14.4 Å². The molecule has 0 unspecified atom stereocenters. The molecular formula is C29H30N4O4S. The first-order valence-corrected chi connectivity index (χ1v) is 13.5. The van der Waals surface area contributed by atoms with E-state index in [1.807, 2.05) is 42.5 Å². The predicted octanol–water partition coefficient (Wildman–Crippen LogP) is 4.06. The molecule has 38 heavy (non-hydrogen) atoms. The quantitative estimate of drug-likeness (QED) is 0.338. The Balaban J connectivity index is 1.17. The van der Waals surface area contributed by atoms with Crippen LogP contribution in [0.2, 0.25) is 0 Å². The van der Waals surface area contributed by atoms with Crippen LogP contribution in [-0.4, -0.2) is 53.8 Å². The number of piperidine rings is 1. The number of rotatable bonds is 8. The number of nitrogens with zero attached hydrogens (tertiary/aromatic N) is 2. The third-order valence-corrected chi connectivity index (χ3v) is 7.01. The molecule has 1 aliphatic heterocycles. The lowest BCUT2D eigenvalue weighted by Crippen LogP contribution is -2.37. The number of benzene rings is 2. The monoisotopic (exact) mass is 530 g/mol. The van der Waals surface area contributed by atoms with Crippen LogP contribution < -0.4 is 15.4 Å². The number of carbonyl (C=O) groups is 3. The number of nitrogens with one attached hydrogen (secondary N) is 2. The van der Waals surface area contributed by atoms with Gasteiger partial charge in [-0.25, -0.2) is 4.98 Å². The molecule has 196 valence electrons. The van der Waals surface area contributed by atoms with Gasteiger partial charge in [0.1, 0.15) is 11.4 Å². The highest BCUT2D eigenvalue weighted by molar-refractivity contribution is 7.09. The van der Waals surface area contributed by atoms with Crippen molar-refractivity contribution in [2.24, 2.45) is 0 Å². The van der Waals surface area contributed by atoms with Crippen LogP contribution in [0.1, 0.15) is 53.2 Å². The van der Waals surface area contributed by atoms with E-state index in [1.165, 1.54) is 18.3 Å². The number of carbonyl (C=O) groups excluding carboxylic acids is 3. The summed E-state index contributed by atoms with van der Waals surface area (Å²) in [5.41, 5.74) is 1.92. The van der Waals surface area contributed by atoms with Crippen LogP contribution in [0.15, 0.2) is 60.0 Å². The van der Waals surface area contributed by atoms with Gasteiger partial charge in [0.25, 0.3) is 11.8 Å². The molecule has 0 spiro atoms. The van der Waals surface area contributed by atoms with Crippen LogP contribution in [0.4, 0.5) is 5.69 Å². The smallest absolute Gasteiger partial charge is 0.298 e. The number of likely N-dealkylation sites (tertiary alicyclic amines) is 1. The SMILES string of the molecule is CC(=O)Nc1cccc(OCCCNC(=O)c2csc(C3CCN(C(=O)C#Cc4ccccc4)CC3)n2)c1. The molecule has 2 N–H and O–H groups in total. The lowest BCUT2D eigenvalue weighted by atomic mass is 9.97. The lowest BCUT2D eigenvalue weighted by Gasteiger charge is -2.29. The normalized spacial score (nSPS) is 13.2. The van der Waals surface area contributed by atoms with Gasteiger partial charge in [-0.05, 0) is 43.5 Å². The van der Waals surface area contributed by atoms with Crippen molar-refractivity contribution in [2.75, 3.05) is 31.6 Å². The molecule has 3 amide bonds. The topological polar surface area (TPSA) is 101 Å². The van der Waals surface area contributed by atoms with Gasteiger partial charge in [-0.1, -0.05) is 30.2 Å². The Hall–Kier alpha value is -4.16. The van der Waals surface area contributed by atoms with E-state index in [1.54, 1.807) is 22.4 Å². The maximum Gasteiger partial charge on any atom is 0.298 e. The van der Waals surface area contributed by atoms with Gasteiger partial charge in [-0.2, -0.15) is 0 Å². The third-order valence-electron chi connectivity index (χ3n) is 6.00. The maximum absolute atomic E-state index is 12.5. The second-order valence-corrected chi connectivity index (χ2v) is 9.81. The van der Waals surface area contributed by atoms with Gasteiger partial charge in [0.2, 0.25) is 5.91 Å². The van der Waals surface area contributed by atoms with Crippen LogP contribution in [0, 0.1) is 11.8 Å². The zero-order valence-corrected chi connectivity index (χ0v) is 22.1. The molecule has 1 fully saturated rings. The van der Waals surface area contributed by atoms with Crippen molar-refractivity contribution >= 4 is 34.7 Å². The molecule has 0 atom stereocenters. The van der Waals surface area contributed by atoms with Crippen LogP contribution in [0.5, 0.6) is 5.75 Å². The van der Waals surface area contributed by atoms with E-state index >= 15 is 0 Å². The molecule has 4 rings (SSSR count). The van der Waals surface area contributed by atoms with Crippen molar-refractivity contribution in [3.05, 3.63) is 76.2 Å². The van der Waals surface area contributed by atoms with Gasteiger partial charge < -0.3 is 20.3 Å².